The third kappa shape index (κ3) is 4.32. The zero-order chi connectivity index (χ0) is 21.5. The molecule has 2 aliphatic carbocycles. The zero-order valence-corrected chi connectivity index (χ0v) is 19.0. The molecule has 2 aliphatic rings. The van der Waals surface area contributed by atoms with E-state index in [2.05, 4.69) is 5.32 Å². The van der Waals surface area contributed by atoms with E-state index in [1.54, 1.807) is 18.2 Å². The Hall–Kier alpha value is -1.76. The lowest BCUT2D eigenvalue weighted by Gasteiger charge is -2.28. The fourth-order valence-corrected chi connectivity index (χ4v) is 6.49. The summed E-state index contributed by atoms with van der Waals surface area (Å²) in [4.78, 5) is 13.0. The highest BCUT2D eigenvalue weighted by molar-refractivity contribution is 7.92. The molecule has 2 fully saturated rings. The van der Waals surface area contributed by atoms with Gasteiger partial charge in [-0.15, -0.1) is 0 Å². The summed E-state index contributed by atoms with van der Waals surface area (Å²) in [7, 11) is -4.02. The Morgan fingerprint density at radius 1 is 1.10 bits per heavy atom. The standard InChI is InChI=1S/C22H24Cl2N2O3S/c1-14-2-7-18(8-3-14)30(28,29)26(21-12-17(23)6-9-19(21)24)13-22(27)25-20-11-15-4-5-16(20)10-15/h2-3,6-9,12,15-16,20H,4-5,10-11,13H2,1H3,(H,25,27). The minimum atomic E-state index is -4.02. The van der Waals surface area contributed by atoms with Gasteiger partial charge in [-0.2, -0.15) is 0 Å². The number of amides is 1. The summed E-state index contributed by atoms with van der Waals surface area (Å²) in [5.74, 6) is 0.838. The lowest BCUT2D eigenvalue weighted by molar-refractivity contribution is -0.120. The van der Waals surface area contributed by atoms with Crippen LogP contribution in [0.2, 0.25) is 10.0 Å². The normalized spacial score (nSPS) is 22.8. The zero-order valence-electron chi connectivity index (χ0n) is 16.6. The monoisotopic (exact) mass is 466 g/mol. The molecule has 1 amide bonds. The van der Waals surface area contributed by atoms with Crippen molar-refractivity contribution in [2.75, 3.05) is 10.8 Å². The van der Waals surface area contributed by atoms with Crippen LogP contribution in [0.3, 0.4) is 0 Å². The van der Waals surface area contributed by atoms with Crippen molar-refractivity contribution in [3.63, 3.8) is 0 Å². The molecular formula is C22H24Cl2N2O3S. The van der Waals surface area contributed by atoms with Crippen LogP contribution in [-0.4, -0.2) is 26.9 Å². The number of rotatable bonds is 6. The molecule has 2 aromatic carbocycles. The van der Waals surface area contributed by atoms with E-state index in [1.807, 2.05) is 6.92 Å². The van der Waals surface area contributed by atoms with Gasteiger partial charge in [-0.25, -0.2) is 8.42 Å². The van der Waals surface area contributed by atoms with E-state index in [0.29, 0.717) is 16.9 Å². The number of benzene rings is 2. The van der Waals surface area contributed by atoms with E-state index in [0.717, 1.165) is 29.1 Å². The number of carbonyl (C=O) groups excluding carboxylic acids is 1. The maximum Gasteiger partial charge on any atom is 0.264 e. The smallest absolute Gasteiger partial charge is 0.264 e. The molecule has 0 spiro atoms. The van der Waals surface area contributed by atoms with E-state index in [9.17, 15) is 13.2 Å². The molecule has 0 heterocycles. The molecule has 2 saturated carbocycles. The predicted molar refractivity (Wildman–Crippen MR) is 120 cm³/mol. The SMILES string of the molecule is Cc1ccc(S(=O)(=O)N(CC(=O)NC2CC3CCC2C3)c2cc(Cl)ccc2Cl)cc1. The molecule has 0 aromatic heterocycles. The van der Waals surface area contributed by atoms with Crippen LogP contribution in [0.15, 0.2) is 47.4 Å². The number of nitrogens with one attached hydrogen (secondary N) is 1. The molecule has 5 nitrogen and oxygen atoms in total. The van der Waals surface area contributed by atoms with Crippen molar-refractivity contribution in [1.82, 2.24) is 5.32 Å². The summed E-state index contributed by atoms with van der Waals surface area (Å²) in [6, 6.07) is 11.2. The second-order valence-electron chi connectivity index (χ2n) is 8.27. The minimum Gasteiger partial charge on any atom is -0.352 e. The summed E-state index contributed by atoms with van der Waals surface area (Å²) >= 11 is 12.4. The van der Waals surface area contributed by atoms with Crippen molar-refractivity contribution in [2.45, 2.75) is 43.5 Å². The molecule has 8 heteroatoms. The van der Waals surface area contributed by atoms with Crippen LogP contribution < -0.4 is 9.62 Å². The summed E-state index contributed by atoms with van der Waals surface area (Å²) < 4.78 is 28.0. The van der Waals surface area contributed by atoms with Crippen LogP contribution in [0.4, 0.5) is 5.69 Å². The Bertz CT molecular complexity index is 1060. The molecule has 3 atom stereocenters. The van der Waals surface area contributed by atoms with Crippen LogP contribution in [0, 0.1) is 18.8 Å². The summed E-state index contributed by atoms with van der Waals surface area (Å²) in [5, 5.41) is 3.61. The average Bonchev–Trinajstić information content (AvgIpc) is 3.31. The van der Waals surface area contributed by atoms with E-state index in [4.69, 9.17) is 23.2 Å². The van der Waals surface area contributed by atoms with Crippen LogP contribution >= 0.6 is 23.2 Å². The van der Waals surface area contributed by atoms with Gasteiger partial charge in [-0.05, 0) is 68.4 Å². The first-order valence-corrected chi connectivity index (χ1v) is 12.3. The van der Waals surface area contributed by atoms with Gasteiger partial charge in [0.25, 0.3) is 10.0 Å². The molecule has 160 valence electrons. The molecule has 3 unspecified atom stereocenters. The number of aryl methyl sites for hydroxylation is 1. The van der Waals surface area contributed by atoms with Crippen molar-refractivity contribution in [3.05, 3.63) is 58.1 Å². The number of anilines is 1. The van der Waals surface area contributed by atoms with E-state index in [-0.39, 0.29) is 34.1 Å². The molecule has 2 aromatic rings. The van der Waals surface area contributed by atoms with Gasteiger partial charge in [0.15, 0.2) is 0 Å². The quantitative estimate of drug-likeness (QED) is 0.664. The molecule has 4 rings (SSSR count). The molecule has 2 bridgehead atoms. The number of carbonyl (C=O) groups is 1. The highest BCUT2D eigenvalue weighted by atomic mass is 35.5. The van der Waals surface area contributed by atoms with Crippen molar-refractivity contribution in [1.29, 1.82) is 0 Å². The second kappa shape index (κ2) is 8.40. The highest BCUT2D eigenvalue weighted by Gasteiger charge is 2.40. The second-order valence-corrected chi connectivity index (χ2v) is 11.0. The van der Waals surface area contributed by atoms with Crippen molar-refractivity contribution < 1.29 is 13.2 Å². The summed E-state index contributed by atoms with van der Waals surface area (Å²) in [5.41, 5.74) is 1.13. The van der Waals surface area contributed by atoms with Crippen LogP contribution in [-0.2, 0) is 14.8 Å². The first kappa shape index (κ1) is 21.5. The largest absolute Gasteiger partial charge is 0.352 e. The Morgan fingerprint density at radius 2 is 1.83 bits per heavy atom. The van der Waals surface area contributed by atoms with Gasteiger partial charge in [0.1, 0.15) is 6.54 Å². The molecule has 30 heavy (non-hydrogen) atoms. The number of hydrogen-bond donors (Lipinski definition) is 1. The maximum absolute atomic E-state index is 13.5. The maximum atomic E-state index is 13.5. The average molecular weight is 467 g/mol. The van der Waals surface area contributed by atoms with Gasteiger partial charge < -0.3 is 5.32 Å². The molecular weight excluding hydrogens is 443 g/mol. The van der Waals surface area contributed by atoms with Crippen molar-refractivity contribution in [3.8, 4) is 0 Å². The minimum absolute atomic E-state index is 0.0943. The van der Waals surface area contributed by atoms with E-state index >= 15 is 0 Å². The first-order valence-electron chi connectivity index (χ1n) is 10.1. The van der Waals surface area contributed by atoms with Gasteiger partial charge in [-0.3, -0.25) is 9.10 Å². The highest BCUT2D eigenvalue weighted by Crippen LogP contribution is 2.44. The Labute approximate surface area is 187 Å². The Balaban J connectivity index is 1.64. The Kier molecular flexibility index (Phi) is 6.02. The van der Waals surface area contributed by atoms with E-state index < -0.39 is 10.0 Å². The third-order valence-electron chi connectivity index (χ3n) is 6.16. The van der Waals surface area contributed by atoms with Gasteiger partial charge in [0, 0.05) is 11.1 Å². The molecule has 1 N–H and O–H groups in total. The lowest BCUT2D eigenvalue weighted by atomic mass is 9.95. The van der Waals surface area contributed by atoms with Gasteiger partial charge in [0.2, 0.25) is 5.91 Å². The fraction of sp³-hybridized carbons (Fsp3) is 0.409. The summed E-state index contributed by atoms with van der Waals surface area (Å²) in [6.07, 6.45) is 4.47. The third-order valence-corrected chi connectivity index (χ3v) is 8.49. The molecule has 0 radical (unpaired) electrons. The number of halogens is 2. The fourth-order valence-electron chi connectivity index (χ4n) is 4.62. The predicted octanol–water partition coefficient (Wildman–Crippen LogP) is 4.80. The van der Waals surface area contributed by atoms with Crippen molar-refractivity contribution in [2.24, 2.45) is 11.8 Å². The van der Waals surface area contributed by atoms with Crippen LogP contribution in [0.5, 0.6) is 0 Å². The summed E-state index contributed by atoms with van der Waals surface area (Å²) in [6.45, 7) is 1.52. The van der Waals surface area contributed by atoms with Crippen LogP contribution in [0.1, 0.15) is 31.2 Å². The topological polar surface area (TPSA) is 66.5 Å². The number of hydrogen-bond acceptors (Lipinski definition) is 3. The van der Waals surface area contributed by atoms with E-state index in [1.165, 1.54) is 30.7 Å². The number of fused-ring (bicyclic) bond motifs is 2. The van der Waals surface area contributed by atoms with Gasteiger partial charge in [-0.1, -0.05) is 47.3 Å². The van der Waals surface area contributed by atoms with Crippen LogP contribution in [0.25, 0.3) is 0 Å². The molecule has 0 saturated heterocycles. The van der Waals surface area contributed by atoms with Gasteiger partial charge in [0.05, 0.1) is 15.6 Å². The Morgan fingerprint density at radius 3 is 2.47 bits per heavy atom. The lowest BCUT2D eigenvalue weighted by Crippen LogP contribution is -2.46. The van der Waals surface area contributed by atoms with Gasteiger partial charge >= 0.3 is 0 Å². The number of sulfonamides is 1. The first-order chi connectivity index (χ1) is 14.2. The van der Waals surface area contributed by atoms with Crippen molar-refractivity contribution >= 4 is 44.8 Å². The number of nitrogens with zero attached hydrogens (tertiary/aromatic N) is 1. The molecule has 0 aliphatic heterocycles.